The third kappa shape index (κ3) is 3.94. The average Bonchev–Trinajstić information content (AvgIpc) is 3.13. The summed E-state index contributed by atoms with van der Waals surface area (Å²) >= 11 is 0. The number of aliphatic carboxylic acids is 1. The van der Waals surface area contributed by atoms with Crippen molar-refractivity contribution in [1.82, 2.24) is 24.5 Å². The fourth-order valence-corrected chi connectivity index (χ4v) is 2.03. The second-order valence-corrected chi connectivity index (χ2v) is 5.00. The first-order chi connectivity index (χ1) is 10.5. The van der Waals surface area contributed by atoms with Crippen LogP contribution in [-0.4, -0.2) is 48.5 Å². The van der Waals surface area contributed by atoms with Gasteiger partial charge in [0.1, 0.15) is 0 Å². The smallest absolute Gasteiger partial charge is 0.305 e. The van der Waals surface area contributed by atoms with Gasteiger partial charge in [-0.2, -0.15) is 10.2 Å². The topological polar surface area (TPSA) is 93.2 Å². The van der Waals surface area contributed by atoms with Gasteiger partial charge in [0, 0.05) is 38.1 Å². The second-order valence-electron chi connectivity index (χ2n) is 5.00. The number of hydrogen-bond acceptors (Lipinski definition) is 4. The van der Waals surface area contributed by atoms with Crippen molar-refractivity contribution in [3.05, 3.63) is 35.9 Å². The van der Waals surface area contributed by atoms with Gasteiger partial charge in [-0.3, -0.25) is 19.0 Å². The van der Waals surface area contributed by atoms with Gasteiger partial charge < -0.3 is 10.0 Å². The molecule has 1 N–H and O–H groups in total. The normalized spacial score (nSPS) is 10.6. The molecule has 22 heavy (non-hydrogen) atoms. The SMILES string of the molecule is CCn1cc(CN(C)C(=O)c2cnn(CCC(=O)O)c2)cn1. The summed E-state index contributed by atoms with van der Waals surface area (Å²) in [5.74, 6) is -1.06. The Hall–Kier alpha value is -2.64. The molecule has 2 rings (SSSR count). The molecule has 0 atom stereocenters. The lowest BCUT2D eigenvalue weighted by molar-refractivity contribution is -0.137. The molecule has 2 aromatic heterocycles. The van der Waals surface area contributed by atoms with Gasteiger partial charge >= 0.3 is 5.97 Å². The van der Waals surface area contributed by atoms with E-state index in [1.807, 2.05) is 13.1 Å². The zero-order valence-corrected chi connectivity index (χ0v) is 12.6. The molecule has 0 saturated carbocycles. The summed E-state index contributed by atoms with van der Waals surface area (Å²) in [6.07, 6.45) is 6.64. The van der Waals surface area contributed by atoms with E-state index in [0.717, 1.165) is 12.1 Å². The molecule has 0 radical (unpaired) electrons. The fraction of sp³-hybridized carbons (Fsp3) is 0.429. The molecule has 8 nitrogen and oxygen atoms in total. The van der Waals surface area contributed by atoms with E-state index in [2.05, 4.69) is 10.2 Å². The maximum Gasteiger partial charge on any atom is 0.305 e. The average molecular weight is 305 g/mol. The summed E-state index contributed by atoms with van der Waals surface area (Å²) in [6, 6.07) is 0. The Labute approximate surface area is 127 Å². The van der Waals surface area contributed by atoms with E-state index in [4.69, 9.17) is 5.11 Å². The molecular formula is C14H19N5O3. The van der Waals surface area contributed by atoms with Crippen molar-refractivity contribution in [2.24, 2.45) is 0 Å². The molecule has 0 aromatic carbocycles. The molecule has 0 aliphatic carbocycles. The number of carbonyl (C=O) groups is 2. The lowest BCUT2D eigenvalue weighted by Crippen LogP contribution is -2.25. The highest BCUT2D eigenvalue weighted by Gasteiger charge is 2.15. The van der Waals surface area contributed by atoms with Gasteiger partial charge in [0.15, 0.2) is 0 Å². The van der Waals surface area contributed by atoms with Crippen molar-refractivity contribution in [1.29, 1.82) is 0 Å². The molecular weight excluding hydrogens is 286 g/mol. The summed E-state index contributed by atoms with van der Waals surface area (Å²) in [6.45, 7) is 3.49. The molecule has 2 heterocycles. The van der Waals surface area contributed by atoms with Crippen molar-refractivity contribution < 1.29 is 14.7 Å². The Morgan fingerprint density at radius 1 is 1.23 bits per heavy atom. The maximum atomic E-state index is 12.3. The third-order valence-electron chi connectivity index (χ3n) is 3.21. The highest BCUT2D eigenvalue weighted by atomic mass is 16.4. The Morgan fingerprint density at radius 2 is 1.95 bits per heavy atom. The van der Waals surface area contributed by atoms with Crippen LogP contribution in [0.2, 0.25) is 0 Å². The number of carbonyl (C=O) groups excluding carboxylic acids is 1. The van der Waals surface area contributed by atoms with Gasteiger partial charge in [-0.15, -0.1) is 0 Å². The summed E-state index contributed by atoms with van der Waals surface area (Å²) in [4.78, 5) is 24.4. The lowest BCUT2D eigenvalue weighted by Gasteiger charge is -2.14. The predicted molar refractivity (Wildman–Crippen MR) is 78.2 cm³/mol. The van der Waals surface area contributed by atoms with Crippen LogP contribution in [0, 0.1) is 0 Å². The molecule has 8 heteroatoms. The molecule has 0 aliphatic rings. The van der Waals surface area contributed by atoms with E-state index >= 15 is 0 Å². The number of hydrogen-bond donors (Lipinski definition) is 1. The highest BCUT2D eigenvalue weighted by molar-refractivity contribution is 5.93. The molecule has 0 spiro atoms. The Balaban J connectivity index is 1.96. The van der Waals surface area contributed by atoms with E-state index in [1.165, 1.54) is 10.9 Å². The van der Waals surface area contributed by atoms with Crippen molar-refractivity contribution in [3.8, 4) is 0 Å². The molecule has 2 aromatic rings. The lowest BCUT2D eigenvalue weighted by atomic mass is 10.3. The Morgan fingerprint density at radius 3 is 2.59 bits per heavy atom. The van der Waals surface area contributed by atoms with Crippen LogP contribution >= 0.6 is 0 Å². The van der Waals surface area contributed by atoms with Gasteiger partial charge in [0.25, 0.3) is 5.91 Å². The molecule has 118 valence electrons. The molecule has 0 bridgehead atoms. The van der Waals surface area contributed by atoms with Gasteiger partial charge in [0.2, 0.25) is 0 Å². The predicted octanol–water partition coefficient (Wildman–Crippen LogP) is 0.846. The summed E-state index contributed by atoms with van der Waals surface area (Å²) < 4.78 is 3.27. The van der Waals surface area contributed by atoms with Crippen LogP contribution in [0.25, 0.3) is 0 Å². The van der Waals surface area contributed by atoms with E-state index in [9.17, 15) is 9.59 Å². The number of aryl methyl sites for hydroxylation is 2. The number of carboxylic acid groups (broad SMARTS) is 1. The second kappa shape index (κ2) is 6.88. The van der Waals surface area contributed by atoms with Gasteiger partial charge in [-0.05, 0) is 6.92 Å². The molecule has 1 amide bonds. The zero-order valence-electron chi connectivity index (χ0n) is 12.6. The minimum absolute atomic E-state index is 0.0264. The van der Waals surface area contributed by atoms with Crippen LogP contribution in [0.4, 0.5) is 0 Å². The summed E-state index contributed by atoms with van der Waals surface area (Å²) in [5, 5.41) is 16.8. The van der Waals surface area contributed by atoms with Crippen molar-refractivity contribution in [2.75, 3.05) is 7.05 Å². The molecule has 0 unspecified atom stereocenters. The largest absolute Gasteiger partial charge is 0.481 e. The third-order valence-corrected chi connectivity index (χ3v) is 3.21. The fourth-order valence-electron chi connectivity index (χ4n) is 2.03. The van der Waals surface area contributed by atoms with E-state index < -0.39 is 5.97 Å². The molecule has 0 fully saturated rings. The standard InChI is InChI=1S/C14H19N5O3/c1-3-18-9-11(6-15-18)8-17(2)14(22)12-7-16-19(10-12)5-4-13(20)21/h6-7,9-10H,3-5,8H2,1-2H3,(H,20,21). The van der Waals surface area contributed by atoms with Crippen molar-refractivity contribution >= 4 is 11.9 Å². The van der Waals surface area contributed by atoms with Gasteiger partial charge in [0.05, 0.1) is 30.9 Å². The number of amides is 1. The van der Waals surface area contributed by atoms with E-state index in [-0.39, 0.29) is 18.9 Å². The Bertz CT molecular complexity index is 661. The van der Waals surface area contributed by atoms with Crippen molar-refractivity contribution in [2.45, 2.75) is 33.0 Å². The first-order valence-electron chi connectivity index (χ1n) is 7.00. The van der Waals surface area contributed by atoms with Crippen LogP contribution in [0.15, 0.2) is 24.8 Å². The maximum absolute atomic E-state index is 12.3. The van der Waals surface area contributed by atoms with Gasteiger partial charge in [-0.25, -0.2) is 0 Å². The summed E-state index contributed by atoms with van der Waals surface area (Å²) in [5.41, 5.74) is 1.40. The zero-order chi connectivity index (χ0) is 16.1. The minimum Gasteiger partial charge on any atom is -0.481 e. The van der Waals surface area contributed by atoms with E-state index in [0.29, 0.717) is 12.1 Å². The highest BCUT2D eigenvalue weighted by Crippen LogP contribution is 2.08. The first-order valence-corrected chi connectivity index (χ1v) is 7.00. The van der Waals surface area contributed by atoms with Crippen LogP contribution in [-0.2, 0) is 24.4 Å². The van der Waals surface area contributed by atoms with Gasteiger partial charge in [-0.1, -0.05) is 0 Å². The monoisotopic (exact) mass is 305 g/mol. The first kappa shape index (κ1) is 15.7. The number of aromatic nitrogens is 4. The van der Waals surface area contributed by atoms with Crippen LogP contribution < -0.4 is 0 Å². The van der Waals surface area contributed by atoms with E-state index in [1.54, 1.807) is 29.0 Å². The number of carboxylic acids is 1. The van der Waals surface area contributed by atoms with Crippen molar-refractivity contribution in [3.63, 3.8) is 0 Å². The van der Waals surface area contributed by atoms with Crippen LogP contribution in [0.5, 0.6) is 0 Å². The molecule has 0 saturated heterocycles. The van der Waals surface area contributed by atoms with Crippen LogP contribution in [0.3, 0.4) is 0 Å². The Kier molecular flexibility index (Phi) is 4.92. The van der Waals surface area contributed by atoms with Crippen LogP contribution in [0.1, 0.15) is 29.3 Å². The molecule has 0 aliphatic heterocycles. The number of rotatable bonds is 7. The summed E-state index contributed by atoms with van der Waals surface area (Å²) in [7, 11) is 1.71. The minimum atomic E-state index is -0.895. The quantitative estimate of drug-likeness (QED) is 0.818. The number of nitrogens with zero attached hydrogens (tertiary/aromatic N) is 5.